The maximum absolute atomic E-state index is 14.5. The fourth-order valence-electron chi connectivity index (χ4n) is 3.94. The highest BCUT2D eigenvalue weighted by molar-refractivity contribution is 5.97. The van der Waals surface area contributed by atoms with Crippen molar-refractivity contribution in [3.8, 4) is 0 Å². The van der Waals surface area contributed by atoms with Crippen molar-refractivity contribution in [3.05, 3.63) is 66.1 Å². The molecule has 36 heavy (non-hydrogen) atoms. The second-order valence-electron chi connectivity index (χ2n) is 9.12. The molecule has 3 aromatic rings. The van der Waals surface area contributed by atoms with Gasteiger partial charge in [-0.25, -0.2) is 9.37 Å². The van der Waals surface area contributed by atoms with Gasteiger partial charge in [-0.3, -0.25) is 9.59 Å². The van der Waals surface area contributed by atoms with Crippen molar-refractivity contribution in [1.82, 2.24) is 19.8 Å². The number of nitrogens with zero attached hydrogens (tertiary/aromatic N) is 4. The van der Waals surface area contributed by atoms with Gasteiger partial charge in [-0.1, -0.05) is 12.1 Å². The van der Waals surface area contributed by atoms with Crippen molar-refractivity contribution in [2.24, 2.45) is 5.92 Å². The number of piperazine rings is 1. The van der Waals surface area contributed by atoms with E-state index in [9.17, 15) is 14.0 Å². The Bertz CT molecular complexity index is 1260. The highest BCUT2D eigenvalue weighted by Crippen LogP contribution is 2.32. The summed E-state index contributed by atoms with van der Waals surface area (Å²) in [5.41, 5.74) is 2.36. The first-order valence-corrected chi connectivity index (χ1v) is 12.0. The van der Waals surface area contributed by atoms with Crippen LogP contribution in [0.3, 0.4) is 0 Å². The summed E-state index contributed by atoms with van der Waals surface area (Å²) in [5, 5.41) is 8.90. The van der Waals surface area contributed by atoms with Crippen LogP contribution in [0.4, 0.5) is 33.2 Å². The van der Waals surface area contributed by atoms with Crippen LogP contribution >= 0.6 is 0 Å². The number of para-hydroxylation sites is 2. The molecule has 1 aliphatic carbocycles. The van der Waals surface area contributed by atoms with Crippen molar-refractivity contribution in [2.45, 2.75) is 12.8 Å². The zero-order valence-electron chi connectivity index (χ0n) is 20.0. The Morgan fingerprint density at radius 3 is 2.33 bits per heavy atom. The lowest BCUT2D eigenvalue weighted by Gasteiger charge is -2.32. The molecule has 0 bridgehead atoms. The fraction of sp³-hybridized carbons (Fsp3) is 0.308. The quantitative estimate of drug-likeness (QED) is 0.463. The van der Waals surface area contributed by atoms with Crippen LogP contribution in [0.25, 0.3) is 0 Å². The van der Waals surface area contributed by atoms with E-state index < -0.39 is 5.82 Å². The molecule has 1 aliphatic heterocycles. The largest absolute Gasteiger partial charge is 0.336 e. The van der Waals surface area contributed by atoms with Crippen molar-refractivity contribution in [3.63, 3.8) is 0 Å². The minimum absolute atomic E-state index is 0.00612. The van der Waals surface area contributed by atoms with Gasteiger partial charge in [0.1, 0.15) is 0 Å². The summed E-state index contributed by atoms with van der Waals surface area (Å²) in [6.45, 7) is 3.14. The van der Waals surface area contributed by atoms with Gasteiger partial charge in [0.25, 0.3) is 5.91 Å². The van der Waals surface area contributed by atoms with Crippen molar-refractivity contribution in [1.29, 1.82) is 0 Å². The first-order valence-electron chi connectivity index (χ1n) is 12.0. The van der Waals surface area contributed by atoms with Crippen LogP contribution in [0, 0.1) is 11.7 Å². The predicted octanol–water partition coefficient (Wildman–Crippen LogP) is 3.84. The Kier molecular flexibility index (Phi) is 6.77. The molecule has 186 valence electrons. The summed E-state index contributed by atoms with van der Waals surface area (Å²) < 4.78 is 14.5. The van der Waals surface area contributed by atoms with Gasteiger partial charge in [0.15, 0.2) is 11.6 Å². The van der Waals surface area contributed by atoms with Gasteiger partial charge in [0, 0.05) is 43.3 Å². The smallest absolute Gasteiger partial charge is 0.253 e. The van der Waals surface area contributed by atoms with E-state index in [0.29, 0.717) is 35.7 Å². The molecule has 5 rings (SSSR count). The second kappa shape index (κ2) is 10.3. The van der Waals surface area contributed by atoms with E-state index >= 15 is 0 Å². The van der Waals surface area contributed by atoms with Crippen LogP contribution in [0.2, 0.25) is 0 Å². The first-order chi connectivity index (χ1) is 17.5. The highest BCUT2D eigenvalue weighted by atomic mass is 19.1. The first kappa shape index (κ1) is 23.7. The Hall–Kier alpha value is -4.05. The van der Waals surface area contributed by atoms with Crippen LogP contribution < -0.4 is 16.0 Å². The molecule has 2 fully saturated rings. The molecule has 10 heteroatoms. The fourth-order valence-corrected chi connectivity index (χ4v) is 3.94. The molecule has 3 N–H and O–H groups in total. The van der Waals surface area contributed by atoms with Gasteiger partial charge >= 0.3 is 0 Å². The molecule has 0 spiro atoms. The molecule has 0 unspecified atom stereocenters. The molecule has 1 saturated carbocycles. The number of carbonyl (C=O) groups excluding carboxylic acids is 2. The molecule has 2 heterocycles. The summed E-state index contributed by atoms with van der Waals surface area (Å²) in [4.78, 5) is 37.3. The van der Waals surface area contributed by atoms with E-state index in [1.807, 2.05) is 11.9 Å². The van der Waals surface area contributed by atoms with Crippen molar-refractivity contribution >= 4 is 40.6 Å². The van der Waals surface area contributed by atoms with Gasteiger partial charge in [0.05, 0.1) is 17.6 Å². The lowest BCUT2D eigenvalue weighted by molar-refractivity contribution is -0.117. The Morgan fingerprint density at radius 2 is 1.64 bits per heavy atom. The summed E-state index contributed by atoms with van der Waals surface area (Å²) in [5.74, 6) is -0.445. The van der Waals surface area contributed by atoms with E-state index in [2.05, 4.69) is 30.8 Å². The van der Waals surface area contributed by atoms with Crippen LogP contribution in [0.5, 0.6) is 0 Å². The Labute approximate surface area is 208 Å². The molecular formula is C26H28FN7O2. The maximum Gasteiger partial charge on any atom is 0.253 e. The van der Waals surface area contributed by atoms with Crippen LogP contribution in [0.15, 0.2) is 54.7 Å². The molecule has 2 amide bonds. The molecule has 1 saturated heterocycles. The standard InChI is InChI=1S/C26H28FN7O2/c1-33-12-14-34(15-13-33)25(36)18-8-10-19(11-9-18)29-26-28-16-20(27)23(32-26)30-21-4-2-3-5-22(21)31-24(35)17-6-7-17/h2-5,8-11,16-17H,6-7,12-15H2,1H3,(H,31,35)(H2,28,29,30,32). The molecule has 2 aromatic carbocycles. The highest BCUT2D eigenvalue weighted by Gasteiger charge is 2.30. The number of benzene rings is 2. The molecule has 1 aromatic heterocycles. The lowest BCUT2D eigenvalue weighted by atomic mass is 10.1. The minimum atomic E-state index is -0.628. The van der Waals surface area contributed by atoms with E-state index in [1.165, 1.54) is 0 Å². The summed E-state index contributed by atoms with van der Waals surface area (Å²) in [6, 6.07) is 14.1. The summed E-state index contributed by atoms with van der Waals surface area (Å²) >= 11 is 0. The number of halogens is 1. The van der Waals surface area contributed by atoms with Crippen molar-refractivity contribution in [2.75, 3.05) is 49.2 Å². The Balaban J connectivity index is 1.26. The number of carbonyl (C=O) groups is 2. The number of amides is 2. The number of aromatic nitrogens is 2. The van der Waals surface area contributed by atoms with Crippen LogP contribution in [0.1, 0.15) is 23.2 Å². The SMILES string of the molecule is CN1CCN(C(=O)c2ccc(Nc3ncc(F)c(Nc4ccccc4NC(=O)C4CC4)n3)cc2)CC1. The topological polar surface area (TPSA) is 102 Å². The van der Waals surface area contributed by atoms with E-state index in [-0.39, 0.29) is 29.5 Å². The predicted molar refractivity (Wildman–Crippen MR) is 136 cm³/mol. The average molecular weight is 490 g/mol. The normalized spacial score (nSPS) is 15.9. The Morgan fingerprint density at radius 1 is 0.944 bits per heavy atom. The number of hydrogen-bond acceptors (Lipinski definition) is 7. The van der Waals surface area contributed by atoms with Gasteiger partial charge < -0.3 is 25.8 Å². The van der Waals surface area contributed by atoms with Gasteiger partial charge in [-0.15, -0.1) is 0 Å². The third-order valence-electron chi connectivity index (χ3n) is 6.31. The zero-order chi connectivity index (χ0) is 25.1. The minimum Gasteiger partial charge on any atom is -0.336 e. The monoisotopic (exact) mass is 489 g/mol. The van der Waals surface area contributed by atoms with Crippen molar-refractivity contribution < 1.29 is 14.0 Å². The maximum atomic E-state index is 14.5. The average Bonchev–Trinajstić information content (AvgIpc) is 3.74. The molecule has 9 nitrogen and oxygen atoms in total. The number of likely N-dealkylation sites (N-methyl/N-ethyl adjacent to an activating group) is 1. The molecule has 0 atom stereocenters. The number of anilines is 5. The van der Waals surface area contributed by atoms with Crippen LogP contribution in [-0.4, -0.2) is 64.8 Å². The number of hydrogen-bond donors (Lipinski definition) is 3. The van der Waals surface area contributed by atoms with E-state index in [4.69, 9.17) is 0 Å². The second-order valence-corrected chi connectivity index (χ2v) is 9.12. The van der Waals surface area contributed by atoms with E-state index in [0.717, 1.165) is 32.1 Å². The third-order valence-corrected chi connectivity index (χ3v) is 6.31. The van der Waals surface area contributed by atoms with Crippen LogP contribution in [-0.2, 0) is 4.79 Å². The number of nitrogens with one attached hydrogen (secondary N) is 3. The molecule has 2 aliphatic rings. The van der Waals surface area contributed by atoms with Gasteiger partial charge in [-0.05, 0) is 56.3 Å². The van der Waals surface area contributed by atoms with Gasteiger partial charge in [0.2, 0.25) is 11.9 Å². The van der Waals surface area contributed by atoms with Gasteiger partial charge in [-0.2, -0.15) is 4.98 Å². The number of rotatable bonds is 7. The molecular weight excluding hydrogens is 461 g/mol. The summed E-state index contributed by atoms with van der Waals surface area (Å²) in [6.07, 6.45) is 2.86. The zero-order valence-corrected chi connectivity index (χ0v) is 20.0. The third kappa shape index (κ3) is 5.60. The lowest BCUT2D eigenvalue weighted by Crippen LogP contribution is -2.47. The van der Waals surface area contributed by atoms with E-state index in [1.54, 1.807) is 48.5 Å². The summed E-state index contributed by atoms with van der Waals surface area (Å²) in [7, 11) is 2.05. The molecule has 0 radical (unpaired) electrons.